The highest BCUT2D eigenvalue weighted by Crippen LogP contribution is 2.18. The number of halogens is 1. The van der Waals surface area contributed by atoms with Gasteiger partial charge >= 0.3 is 0 Å². The lowest BCUT2D eigenvalue weighted by molar-refractivity contribution is 0.242. The maximum absolute atomic E-state index is 13.2. The van der Waals surface area contributed by atoms with Gasteiger partial charge in [-0.25, -0.2) is 9.38 Å². The van der Waals surface area contributed by atoms with Crippen LogP contribution < -0.4 is 15.8 Å². The van der Waals surface area contributed by atoms with Crippen molar-refractivity contribution in [3.63, 3.8) is 0 Å². The first kappa shape index (κ1) is 16.6. The second-order valence-corrected chi connectivity index (χ2v) is 5.30. The zero-order valence-electron chi connectivity index (χ0n) is 13.1. The fourth-order valence-corrected chi connectivity index (χ4v) is 1.90. The van der Waals surface area contributed by atoms with Crippen molar-refractivity contribution < 1.29 is 14.2 Å². The smallest absolute Gasteiger partial charge is 0.193 e. The molecule has 23 heavy (non-hydrogen) atoms. The van der Waals surface area contributed by atoms with Gasteiger partial charge in [-0.3, -0.25) is 0 Å². The lowest BCUT2D eigenvalue weighted by Gasteiger charge is -2.11. The van der Waals surface area contributed by atoms with E-state index in [1.165, 1.54) is 12.1 Å². The molecule has 0 amide bonds. The molecule has 0 aliphatic heterocycles. The molecule has 0 fully saturated rings. The van der Waals surface area contributed by atoms with Gasteiger partial charge in [-0.05, 0) is 55.8 Å². The first-order chi connectivity index (χ1) is 10.9. The van der Waals surface area contributed by atoms with E-state index in [2.05, 4.69) is 10.3 Å². The molecule has 0 radical (unpaired) electrons. The van der Waals surface area contributed by atoms with Gasteiger partial charge < -0.3 is 20.9 Å². The van der Waals surface area contributed by atoms with E-state index in [0.29, 0.717) is 5.56 Å². The second-order valence-electron chi connectivity index (χ2n) is 5.30. The van der Waals surface area contributed by atoms with Crippen LogP contribution in [0.15, 0.2) is 47.5 Å². The third-order valence-electron chi connectivity index (χ3n) is 2.94. The van der Waals surface area contributed by atoms with Crippen LogP contribution in [0.2, 0.25) is 0 Å². The van der Waals surface area contributed by atoms with Crippen LogP contribution in [0.3, 0.4) is 0 Å². The molecule has 2 aromatic carbocycles. The maximum atomic E-state index is 13.2. The monoisotopic (exact) mass is 317 g/mol. The van der Waals surface area contributed by atoms with Crippen LogP contribution in [0.5, 0.6) is 11.5 Å². The van der Waals surface area contributed by atoms with Crippen molar-refractivity contribution in [3.05, 3.63) is 53.8 Å². The second kappa shape index (κ2) is 7.49. The average molecular weight is 317 g/mol. The standard InChI is InChI=1S/C17H20FN3O2/c1-11(2)23-14-6-4-13(5-7-14)21-17(19)20-10-12-3-8-16(22)15(18)9-12/h3-9,11,22H,10H2,1-2H3,(H3,19,20,21). The molecule has 0 saturated heterocycles. The molecule has 0 atom stereocenters. The Balaban J connectivity index is 1.95. The minimum Gasteiger partial charge on any atom is -0.505 e. The summed E-state index contributed by atoms with van der Waals surface area (Å²) in [7, 11) is 0. The molecule has 0 unspecified atom stereocenters. The Morgan fingerprint density at radius 2 is 1.96 bits per heavy atom. The summed E-state index contributed by atoms with van der Waals surface area (Å²) >= 11 is 0. The molecule has 122 valence electrons. The number of anilines is 1. The highest BCUT2D eigenvalue weighted by molar-refractivity contribution is 5.92. The van der Waals surface area contributed by atoms with Crippen molar-refractivity contribution in [2.24, 2.45) is 10.7 Å². The minimum atomic E-state index is -0.676. The Morgan fingerprint density at radius 3 is 2.57 bits per heavy atom. The molecule has 6 heteroatoms. The van der Waals surface area contributed by atoms with Gasteiger partial charge in [0.05, 0.1) is 12.6 Å². The fourth-order valence-electron chi connectivity index (χ4n) is 1.90. The van der Waals surface area contributed by atoms with Crippen LogP contribution in [0.25, 0.3) is 0 Å². The summed E-state index contributed by atoms with van der Waals surface area (Å²) in [6, 6.07) is 11.4. The van der Waals surface area contributed by atoms with Crippen molar-refractivity contribution in [1.82, 2.24) is 0 Å². The Kier molecular flexibility index (Phi) is 5.41. The number of nitrogens with zero attached hydrogens (tertiary/aromatic N) is 1. The number of aromatic hydroxyl groups is 1. The lowest BCUT2D eigenvalue weighted by Crippen LogP contribution is -2.22. The zero-order valence-corrected chi connectivity index (χ0v) is 13.1. The Labute approximate surface area is 134 Å². The highest BCUT2D eigenvalue weighted by Gasteiger charge is 2.02. The summed E-state index contributed by atoms with van der Waals surface area (Å²) in [5.74, 6) is -0.0610. The van der Waals surface area contributed by atoms with E-state index in [1.54, 1.807) is 6.07 Å². The molecule has 0 aliphatic carbocycles. The molecule has 0 heterocycles. The maximum Gasteiger partial charge on any atom is 0.193 e. The normalized spacial score (nSPS) is 11.6. The Morgan fingerprint density at radius 1 is 1.26 bits per heavy atom. The van der Waals surface area contributed by atoms with E-state index >= 15 is 0 Å². The minimum absolute atomic E-state index is 0.117. The van der Waals surface area contributed by atoms with Gasteiger partial charge in [0.2, 0.25) is 0 Å². The number of aliphatic imine (C=N–C) groups is 1. The van der Waals surface area contributed by atoms with E-state index in [9.17, 15) is 4.39 Å². The van der Waals surface area contributed by atoms with Gasteiger partial charge in [0.15, 0.2) is 17.5 Å². The molecule has 0 saturated carbocycles. The van der Waals surface area contributed by atoms with Crippen LogP contribution in [0, 0.1) is 5.82 Å². The van der Waals surface area contributed by atoms with Gasteiger partial charge in [0, 0.05) is 5.69 Å². The van der Waals surface area contributed by atoms with Crippen LogP contribution in [-0.4, -0.2) is 17.2 Å². The number of nitrogens with one attached hydrogen (secondary N) is 1. The van der Waals surface area contributed by atoms with Crippen molar-refractivity contribution >= 4 is 11.6 Å². The van der Waals surface area contributed by atoms with E-state index in [0.717, 1.165) is 11.4 Å². The lowest BCUT2D eigenvalue weighted by atomic mass is 10.2. The van der Waals surface area contributed by atoms with Crippen molar-refractivity contribution in [2.45, 2.75) is 26.5 Å². The first-order valence-corrected chi connectivity index (χ1v) is 7.25. The number of hydrogen-bond donors (Lipinski definition) is 3. The summed E-state index contributed by atoms with van der Waals surface area (Å²) in [4.78, 5) is 4.14. The third kappa shape index (κ3) is 5.18. The topological polar surface area (TPSA) is 79.9 Å². The van der Waals surface area contributed by atoms with Gasteiger partial charge in [-0.1, -0.05) is 6.07 Å². The predicted octanol–water partition coefficient (Wildman–Crippen LogP) is 3.25. The van der Waals surface area contributed by atoms with E-state index < -0.39 is 5.82 Å². The number of benzene rings is 2. The number of phenolic OH excluding ortho intramolecular Hbond substituents is 1. The van der Waals surface area contributed by atoms with Crippen LogP contribution in [0.4, 0.5) is 10.1 Å². The molecule has 5 nitrogen and oxygen atoms in total. The van der Waals surface area contributed by atoms with Gasteiger partial charge in [-0.15, -0.1) is 0 Å². The number of rotatable bonds is 5. The quantitative estimate of drug-likeness (QED) is 0.584. The first-order valence-electron chi connectivity index (χ1n) is 7.25. The molecule has 2 rings (SSSR count). The summed E-state index contributed by atoms with van der Waals surface area (Å²) in [5.41, 5.74) is 7.20. The highest BCUT2D eigenvalue weighted by atomic mass is 19.1. The SMILES string of the molecule is CC(C)Oc1ccc(NC(N)=NCc2ccc(O)c(F)c2)cc1. The number of guanidine groups is 1. The zero-order chi connectivity index (χ0) is 16.8. The van der Waals surface area contributed by atoms with Crippen molar-refractivity contribution in [2.75, 3.05) is 5.32 Å². The average Bonchev–Trinajstić information content (AvgIpc) is 2.50. The van der Waals surface area contributed by atoms with Gasteiger partial charge in [0.25, 0.3) is 0 Å². The molecule has 4 N–H and O–H groups in total. The molecule has 0 spiro atoms. The largest absolute Gasteiger partial charge is 0.505 e. The number of phenols is 1. The van der Waals surface area contributed by atoms with Gasteiger partial charge in [0.1, 0.15) is 5.75 Å². The number of hydrogen-bond acceptors (Lipinski definition) is 3. The van der Waals surface area contributed by atoms with Gasteiger partial charge in [-0.2, -0.15) is 0 Å². The third-order valence-corrected chi connectivity index (χ3v) is 2.94. The van der Waals surface area contributed by atoms with Crippen LogP contribution >= 0.6 is 0 Å². The number of nitrogens with two attached hydrogens (primary N) is 1. The molecule has 0 bridgehead atoms. The molecular weight excluding hydrogens is 297 g/mol. The predicted molar refractivity (Wildman–Crippen MR) is 89.2 cm³/mol. The number of ether oxygens (including phenoxy) is 1. The molecule has 0 aromatic heterocycles. The van der Waals surface area contributed by atoms with E-state index in [-0.39, 0.29) is 24.4 Å². The van der Waals surface area contributed by atoms with Crippen molar-refractivity contribution in [3.8, 4) is 11.5 Å². The summed E-state index contributed by atoms with van der Waals surface area (Å²) in [6.45, 7) is 4.14. The molecular formula is C17H20FN3O2. The van der Waals surface area contributed by atoms with E-state index in [4.69, 9.17) is 15.6 Å². The summed E-state index contributed by atoms with van der Waals surface area (Å²) < 4.78 is 18.8. The van der Waals surface area contributed by atoms with E-state index in [1.807, 2.05) is 38.1 Å². The Hall–Kier alpha value is -2.76. The summed E-state index contributed by atoms with van der Waals surface area (Å²) in [6.07, 6.45) is 0.117. The van der Waals surface area contributed by atoms with Crippen molar-refractivity contribution in [1.29, 1.82) is 0 Å². The van der Waals surface area contributed by atoms with Crippen LogP contribution in [0.1, 0.15) is 19.4 Å². The Bertz CT molecular complexity index is 685. The van der Waals surface area contributed by atoms with Crippen LogP contribution in [-0.2, 0) is 6.54 Å². The molecule has 2 aromatic rings. The fraction of sp³-hybridized carbons (Fsp3) is 0.235. The summed E-state index contributed by atoms with van der Waals surface area (Å²) in [5, 5.41) is 12.1. The molecule has 0 aliphatic rings.